The summed E-state index contributed by atoms with van der Waals surface area (Å²) in [6.45, 7) is 3.69. The number of hydrogen-bond acceptors (Lipinski definition) is 6. The molecule has 0 fully saturated rings. The maximum absolute atomic E-state index is 13.6. The van der Waals surface area contributed by atoms with Crippen molar-refractivity contribution in [3.8, 4) is 11.1 Å². The van der Waals surface area contributed by atoms with Crippen LogP contribution in [0.2, 0.25) is 0 Å². The van der Waals surface area contributed by atoms with Crippen molar-refractivity contribution < 1.29 is 9.31 Å². The number of nitro benzene ring substituents is 1. The van der Waals surface area contributed by atoms with Crippen LogP contribution in [0.1, 0.15) is 19.9 Å². The molecule has 3 aromatic rings. The summed E-state index contributed by atoms with van der Waals surface area (Å²) >= 11 is 1.36. The molecule has 3 rings (SSSR count). The molecule has 0 N–H and O–H groups in total. The largest absolute Gasteiger partial charge is 0.305 e. The van der Waals surface area contributed by atoms with Gasteiger partial charge in [0.2, 0.25) is 5.82 Å². The Labute approximate surface area is 152 Å². The number of hydrogen-bond donors (Lipinski definition) is 0. The molecule has 0 unspecified atom stereocenters. The van der Waals surface area contributed by atoms with Gasteiger partial charge < -0.3 is 0 Å². The van der Waals surface area contributed by atoms with Crippen LogP contribution in [0.5, 0.6) is 0 Å². The number of aromatic nitrogens is 3. The van der Waals surface area contributed by atoms with Crippen LogP contribution in [0, 0.1) is 15.9 Å². The quantitative estimate of drug-likeness (QED) is 0.298. The summed E-state index contributed by atoms with van der Waals surface area (Å²) < 4.78 is 15.1. The van der Waals surface area contributed by atoms with Gasteiger partial charge >= 0.3 is 5.69 Å². The molecular weight excluding hydrogens is 359 g/mol. The van der Waals surface area contributed by atoms with Crippen LogP contribution in [0.4, 0.5) is 10.1 Å². The van der Waals surface area contributed by atoms with Gasteiger partial charge in [-0.2, -0.15) is 4.39 Å². The number of rotatable bonds is 4. The molecule has 0 aliphatic heterocycles. The van der Waals surface area contributed by atoms with E-state index in [1.807, 2.05) is 20.1 Å². The number of fused-ring (bicyclic) bond motifs is 1. The zero-order valence-electron chi connectivity index (χ0n) is 14.3. The lowest BCUT2D eigenvalue weighted by molar-refractivity contribution is -0.387. The van der Waals surface area contributed by atoms with Gasteiger partial charge in [0, 0.05) is 29.3 Å². The second kappa shape index (κ2) is 6.83. The Balaban J connectivity index is 2.35. The van der Waals surface area contributed by atoms with Crippen LogP contribution >= 0.6 is 11.8 Å². The Bertz CT molecular complexity index is 1080. The van der Waals surface area contributed by atoms with Crippen molar-refractivity contribution in [2.45, 2.75) is 25.0 Å². The van der Waals surface area contributed by atoms with E-state index in [1.54, 1.807) is 12.3 Å². The topological polar surface area (TPSA) is 90.9 Å². The normalized spacial score (nSPS) is 11.3. The fourth-order valence-corrected chi connectivity index (χ4v) is 3.04. The Morgan fingerprint density at radius 3 is 2.65 bits per heavy atom. The van der Waals surface area contributed by atoms with E-state index in [2.05, 4.69) is 9.97 Å². The number of thioether (sulfide) groups is 1. The van der Waals surface area contributed by atoms with Gasteiger partial charge in [-0.25, -0.2) is 9.97 Å². The molecule has 0 saturated carbocycles. The lowest BCUT2D eigenvalue weighted by Crippen LogP contribution is -2.24. The maximum atomic E-state index is 13.6. The Morgan fingerprint density at radius 1 is 1.31 bits per heavy atom. The minimum atomic E-state index is -0.948. The van der Waals surface area contributed by atoms with Gasteiger partial charge in [0.25, 0.3) is 5.56 Å². The van der Waals surface area contributed by atoms with Crippen LogP contribution in [-0.2, 0) is 0 Å². The van der Waals surface area contributed by atoms with Gasteiger partial charge in [0.15, 0.2) is 5.16 Å². The predicted molar refractivity (Wildman–Crippen MR) is 98.0 cm³/mol. The minimum Gasteiger partial charge on any atom is -0.289 e. The number of benzene rings is 1. The van der Waals surface area contributed by atoms with E-state index in [4.69, 9.17) is 0 Å². The molecule has 9 heteroatoms. The molecule has 0 aliphatic carbocycles. The number of nitro groups is 1. The highest BCUT2D eigenvalue weighted by molar-refractivity contribution is 7.98. The van der Waals surface area contributed by atoms with Crippen LogP contribution in [0.3, 0.4) is 0 Å². The van der Waals surface area contributed by atoms with Crippen molar-refractivity contribution in [2.75, 3.05) is 6.26 Å². The first kappa shape index (κ1) is 18.0. The third-order valence-electron chi connectivity index (χ3n) is 3.90. The molecule has 2 heterocycles. The smallest absolute Gasteiger partial charge is 0.289 e. The minimum absolute atomic E-state index is 0.190. The number of nitrogens with zero attached hydrogens (tertiary/aromatic N) is 4. The van der Waals surface area contributed by atoms with Crippen molar-refractivity contribution in [1.29, 1.82) is 0 Å². The highest BCUT2D eigenvalue weighted by Gasteiger charge is 2.19. The fourth-order valence-electron chi connectivity index (χ4n) is 2.71. The zero-order valence-corrected chi connectivity index (χ0v) is 15.1. The van der Waals surface area contributed by atoms with E-state index in [1.165, 1.54) is 22.4 Å². The molecule has 0 spiro atoms. The second-order valence-corrected chi connectivity index (χ2v) is 6.66. The first-order valence-electron chi connectivity index (χ1n) is 7.74. The molecule has 1 aromatic carbocycles. The van der Waals surface area contributed by atoms with Crippen molar-refractivity contribution in [2.24, 2.45) is 0 Å². The predicted octanol–water partition coefficient (Wildman–Crippen LogP) is 3.81. The molecule has 134 valence electrons. The van der Waals surface area contributed by atoms with E-state index in [0.29, 0.717) is 16.2 Å². The third kappa shape index (κ3) is 3.05. The second-order valence-electron chi connectivity index (χ2n) is 5.89. The summed E-state index contributed by atoms with van der Waals surface area (Å²) in [7, 11) is 0. The van der Waals surface area contributed by atoms with Crippen molar-refractivity contribution in [3.63, 3.8) is 0 Å². The van der Waals surface area contributed by atoms with Gasteiger partial charge in [-0.15, -0.1) is 0 Å². The molecule has 0 atom stereocenters. The van der Waals surface area contributed by atoms with Crippen molar-refractivity contribution in [3.05, 3.63) is 56.7 Å². The van der Waals surface area contributed by atoms with Crippen molar-refractivity contribution in [1.82, 2.24) is 14.5 Å². The molecule has 0 bridgehead atoms. The van der Waals surface area contributed by atoms with Crippen LogP contribution in [0.15, 0.2) is 40.4 Å². The molecule has 7 nitrogen and oxygen atoms in total. The average molecular weight is 374 g/mol. The summed E-state index contributed by atoms with van der Waals surface area (Å²) in [5.41, 5.74) is -0.0286. The SMILES string of the molecule is CSc1ncc2cc(-c3ccc(F)c([N+](=O)[O-])c3)c(=O)n(C(C)C)c2n1. The average Bonchev–Trinajstić information content (AvgIpc) is 2.60. The lowest BCUT2D eigenvalue weighted by Gasteiger charge is -2.15. The van der Waals surface area contributed by atoms with Crippen LogP contribution < -0.4 is 5.56 Å². The first-order valence-corrected chi connectivity index (χ1v) is 8.96. The van der Waals surface area contributed by atoms with Crippen molar-refractivity contribution >= 4 is 28.5 Å². The molecule has 0 aliphatic rings. The maximum Gasteiger partial charge on any atom is 0.305 e. The number of pyridine rings is 1. The monoisotopic (exact) mass is 374 g/mol. The Morgan fingerprint density at radius 2 is 2.04 bits per heavy atom. The van der Waals surface area contributed by atoms with Gasteiger partial charge in [0.1, 0.15) is 5.65 Å². The summed E-state index contributed by atoms with van der Waals surface area (Å²) in [5, 5.41) is 12.2. The molecule has 0 amide bonds. The summed E-state index contributed by atoms with van der Waals surface area (Å²) in [5.74, 6) is -0.948. The molecule has 0 radical (unpaired) electrons. The molecule has 2 aromatic heterocycles. The summed E-state index contributed by atoms with van der Waals surface area (Å²) in [4.78, 5) is 31.9. The number of halogens is 1. The zero-order chi connectivity index (χ0) is 19.0. The van der Waals surface area contributed by atoms with E-state index in [-0.39, 0.29) is 22.7 Å². The van der Waals surface area contributed by atoms with E-state index in [9.17, 15) is 19.3 Å². The molecular formula is C17H15FN4O3S. The highest BCUT2D eigenvalue weighted by atomic mass is 32.2. The third-order valence-corrected chi connectivity index (χ3v) is 4.47. The summed E-state index contributed by atoms with van der Waals surface area (Å²) in [6, 6.07) is 4.80. The van der Waals surface area contributed by atoms with E-state index in [0.717, 1.165) is 12.1 Å². The van der Waals surface area contributed by atoms with E-state index < -0.39 is 16.4 Å². The fraction of sp³-hybridized carbons (Fsp3) is 0.235. The van der Waals surface area contributed by atoms with Gasteiger partial charge in [0.05, 0.1) is 4.92 Å². The van der Waals surface area contributed by atoms with Crippen LogP contribution in [0.25, 0.3) is 22.2 Å². The van der Waals surface area contributed by atoms with E-state index >= 15 is 0 Å². The molecule has 26 heavy (non-hydrogen) atoms. The Hall–Kier alpha value is -2.81. The highest BCUT2D eigenvalue weighted by Crippen LogP contribution is 2.27. The lowest BCUT2D eigenvalue weighted by atomic mass is 10.0. The summed E-state index contributed by atoms with van der Waals surface area (Å²) in [6.07, 6.45) is 3.44. The molecule has 0 saturated heterocycles. The van der Waals surface area contributed by atoms with Gasteiger partial charge in [-0.3, -0.25) is 19.5 Å². The first-order chi connectivity index (χ1) is 12.3. The standard InChI is InChI=1S/C17H15FN4O3S/c1-9(2)21-15-11(8-19-17(20-15)26-3)6-12(16(21)23)10-4-5-13(18)14(7-10)22(24)25/h4-9H,1-3H3. The van der Waals surface area contributed by atoms with Gasteiger partial charge in [-0.05, 0) is 37.8 Å². The van der Waals surface area contributed by atoms with Crippen LogP contribution in [-0.4, -0.2) is 25.7 Å². The Kier molecular flexibility index (Phi) is 4.73. The van der Waals surface area contributed by atoms with Gasteiger partial charge in [-0.1, -0.05) is 17.8 Å².